The predicted molar refractivity (Wildman–Crippen MR) is 54.7 cm³/mol. The Morgan fingerprint density at radius 3 is 2.75 bits per heavy atom. The zero-order chi connectivity index (χ0) is 9.23. The monoisotopic (exact) mass is 165 g/mol. The lowest BCUT2D eigenvalue weighted by atomic mass is 10.2. The number of hydrogen-bond acceptors (Lipinski definition) is 1. The minimum absolute atomic E-state index is 0.647. The Morgan fingerprint density at radius 1 is 1.42 bits per heavy atom. The van der Waals surface area contributed by atoms with Gasteiger partial charge in [-0.25, -0.2) is 0 Å². The van der Waals surface area contributed by atoms with E-state index < -0.39 is 0 Å². The van der Waals surface area contributed by atoms with E-state index in [9.17, 15) is 0 Å². The van der Waals surface area contributed by atoms with Crippen molar-refractivity contribution in [3.8, 4) is 12.3 Å². The maximum atomic E-state index is 5.13. The molecule has 68 valence electrons. The Kier molecular flexibility index (Phi) is 7.58. The zero-order valence-corrected chi connectivity index (χ0v) is 8.03. The summed E-state index contributed by atoms with van der Waals surface area (Å²) in [4.78, 5) is 0. The van der Waals surface area contributed by atoms with Gasteiger partial charge in [-0.2, -0.15) is 0 Å². The number of unbranched alkanes of at least 4 members (excludes halogenated alkanes) is 3. The average molecular weight is 165 g/mol. The highest BCUT2D eigenvalue weighted by Gasteiger charge is 1.90. The van der Waals surface area contributed by atoms with Crippen molar-refractivity contribution in [1.29, 1.82) is 0 Å². The van der Waals surface area contributed by atoms with Crippen molar-refractivity contribution in [1.82, 2.24) is 5.32 Å². The molecular weight excluding hydrogens is 146 g/mol. The fraction of sp³-hybridized carbons (Fsp3) is 0.636. The second-order valence-electron chi connectivity index (χ2n) is 2.97. The van der Waals surface area contributed by atoms with Gasteiger partial charge in [0.2, 0.25) is 0 Å². The predicted octanol–water partition coefficient (Wildman–Crippen LogP) is 2.69. The molecule has 1 N–H and O–H groups in total. The van der Waals surface area contributed by atoms with Crippen LogP contribution in [0.3, 0.4) is 0 Å². The van der Waals surface area contributed by atoms with E-state index in [-0.39, 0.29) is 0 Å². The molecule has 1 heteroatoms. The van der Waals surface area contributed by atoms with Gasteiger partial charge in [-0.15, -0.1) is 12.3 Å². The third-order valence-electron chi connectivity index (χ3n) is 1.72. The van der Waals surface area contributed by atoms with E-state index in [1.165, 1.54) is 25.7 Å². The molecule has 0 aromatic heterocycles. The molecule has 0 bridgehead atoms. The standard InChI is InChI=1S/C11H19N/c1-4-6-7-8-10-12-11(3)9-5-2/h2,12H,3-4,6-10H2,1H3. The van der Waals surface area contributed by atoms with Gasteiger partial charge in [0.25, 0.3) is 0 Å². The quantitative estimate of drug-likeness (QED) is 0.452. The molecule has 0 radical (unpaired) electrons. The first-order valence-electron chi connectivity index (χ1n) is 4.66. The summed E-state index contributed by atoms with van der Waals surface area (Å²) in [5, 5.41) is 3.21. The van der Waals surface area contributed by atoms with Crippen LogP contribution in [0.15, 0.2) is 12.3 Å². The summed E-state index contributed by atoms with van der Waals surface area (Å²) in [6.45, 7) is 7.04. The lowest BCUT2D eigenvalue weighted by Crippen LogP contribution is -2.13. The molecule has 0 aromatic rings. The number of terminal acetylenes is 1. The molecule has 0 atom stereocenters. The lowest BCUT2D eigenvalue weighted by molar-refractivity contribution is 0.633. The summed E-state index contributed by atoms with van der Waals surface area (Å²) in [7, 11) is 0. The van der Waals surface area contributed by atoms with Crippen molar-refractivity contribution >= 4 is 0 Å². The van der Waals surface area contributed by atoms with Crippen molar-refractivity contribution in [2.75, 3.05) is 6.54 Å². The Hall–Kier alpha value is -0.900. The highest BCUT2D eigenvalue weighted by molar-refractivity contribution is 5.03. The fourth-order valence-corrected chi connectivity index (χ4v) is 1.00. The molecule has 0 aliphatic rings. The van der Waals surface area contributed by atoms with Crippen LogP contribution < -0.4 is 5.32 Å². The van der Waals surface area contributed by atoms with Crippen LogP contribution in [0.5, 0.6) is 0 Å². The Bertz CT molecular complexity index is 153. The molecule has 0 saturated carbocycles. The molecule has 0 rings (SSSR count). The van der Waals surface area contributed by atoms with E-state index in [2.05, 4.69) is 24.7 Å². The summed E-state index contributed by atoms with van der Waals surface area (Å²) in [5.74, 6) is 2.56. The molecule has 0 aromatic carbocycles. The van der Waals surface area contributed by atoms with Crippen LogP contribution in [-0.2, 0) is 0 Å². The summed E-state index contributed by atoms with van der Waals surface area (Å²) >= 11 is 0. The number of hydrogen-bond donors (Lipinski definition) is 1. The molecular formula is C11H19N. The van der Waals surface area contributed by atoms with E-state index in [1.54, 1.807) is 0 Å². The van der Waals surface area contributed by atoms with Gasteiger partial charge in [-0.3, -0.25) is 0 Å². The first-order valence-corrected chi connectivity index (χ1v) is 4.66. The molecule has 0 fully saturated rings. The van der Waals surface area contributed by atoms with Crippen molar-refractivity contribution in [3.05, 3.63) is 12.3 Å². The van der Waals surface area contributed by atoms with Gasteiger partial charge in [0, 0.05) is 18.7 Å². The van der Waals surface area contributed by atoms with E-state index in [1.807, 2.05) is 0 Å². The van der Waals surface area contributed by atoms with Gasteiger partial charge in [0.15, 0.2) is 0 Å². The first-order chi connectivity index (χ1) is 5.81. The topological polar surface area (TPSA) is 12.0 Å². The molecule has 0 amide bonds. The largest absolute Gasteiger partial charge is 0.388 e. The third kappa shape index (κ3) is 7.21. The smallest absolute Gasteiger partial charge is 0.0479 e. The van der Waals surface area contributed by atoms with Crippen LogP contribution in [-0.4, -0.2) is 6.54 Å². The molecule has 0 saturated heterocycles. The first kappa shape index (κ1) is 11.1. The van der Waals surface area contributed by atoms with Crippen LogP contribution in [0.1, 0.15) is 39.0 Å². The van der Waals surface area contributed by atoms with Crippen molar-refractivity contribution in [2.45, 2.75) is 39.0 Å². The highest BCUT2D eigenvalue weighted by atomic mass is 14.9. The van der Waals surface area contributed by atoms with E-state index in [0.29, 0.717) is 6.42 Å². The second kappa shape index (κ2) is 8.20. The van der Waals surface area contributed by atoms with E-state index in [0.717, 1.165) is 12.2 Å². The zero-order valence-electron chi connectivity index (χ0n) is 8.03. The molecule has 0 unspecified atom stereocenters. The van der Waals surface area contributed by atoms with Gasteiger partial charge in [-0.05, 0) is 6.42 Å². The maximum absolute atomic E-state index is 5.13. The lowest BCUT2D eigenvalue weighted by Gasteiger charge is -2.05. The van der Waals surface area contributed by atoms with Gasteiger partial charge in [0.1, 0.15) is 0 Å². The fourth-order valence-electron chi connectivity index (χ4n) is 1.00. The van der Waals surface area contributed by atoms with Crippen LogP contribution in [0.25, 0.3) is 0 Å². The van der Waals surface area contributed by atoms with Gasteiger partial charge < -0.3 is 5.32 Å². The van der Waals surface area contributed by atoms with Crippen molar-refractivity contribution < 1.29 is 0 Å². The van der Waals surface area contributed by atoms with E-state index in [4.69, 9.17) is 6.42 Å². The summed E-state index contributed by atoms with van der Waals surface area (Å²) in [5.41, 5.74) is 0.967. The highest BCUT2D eigenvalue weighted by Crippen LogP contribution is 1.98. The summed E-state index contributed by atoms with van der Waals surface area (Å²) in [6.07, 6.45) is 10.9. The molecule has 0 heterocycles. The number of nitrogens with one attached hydrogen (secondary N) is 1. The van der Waals surface area contributed by atoms with Crippen LogP contribution >= 0.6 is 0 Å². The summed E-state index contributed by atoms with van der Waals surface area (Å²) in [6, 6.07) is 0. The Labute approximate surface area is 76.2 Å². The maximum Gasteiger partial charge on any atom is 0.0479 e. The molecule has 0 spiro atoms. The normalized spacial score (nSPS) is 9.00. The van der Waals surface area contributed by atoms with Crippen LogP contribution in [0.2, 0.25) is 0 Å². The Balaban J connectivity index is 3.10. The van der Waals surface area contributed by atoms with Crippen LogP contribution in [0, 0.1) is 12.3 Å². The average Bonchev–Trinajstić information content (AvgIpc) is 2.05. The minimum atomic E-state index is 0.647. The number of rotatable bonds is 7. The second-order valence-corrected chi connectivity index (χ2v) is 2.97. The molecule has 0 aliphatic carbocycles. The van der Waals surface area contributed by atoms with Gasteiger partial charge in [-0.1, -0.05) is 32.8 Å². The SMILES string of the molecule is C#CCC(=C)NCCCCCC. The molecule has 1 nitrogen and oxygen atoms in total. The molecule has 0 aliphatic heterocycles. The van der Waals surface area contributed by atoms with E-state index >= 15 is 0 Å². The van der Waals surface area contributed by atoms with Gasteiger partial charge in [0.05, 0.1) is 0 Å². The molecule has 12 heavy (non-hydrogen) atoms. The Morgan fingerprint density at radius 2 is 2.17 bits per heavy atom. The van der Waals surface area contributed by atoms with Crippen LogP contribution in [0.4, 0.5) is 0 Å². The summed E-state index contributed by atoms with van der Waals surface area (Å²) < 4.78 is 0. The number of allylic oxidation sites excluding steroid dienone is 1. The van der Waals surface area contributed by atoms with Crippen molar-refractivity contribution in [2.24, 2.45) is 0 Å². The third-order valence-corrected chi connectivity index (χ3v) is 1.72. The minimum Gasteiger partial charge on any atom is -0.388 e. The van der Waals surface area contributed by atoms with Gasteiger partial charge >= 0.3 is 0 Å². The van der Waals surface area contributed by atoms with Crippen molar-refractivity contribution in [3.63, 3.8) is 0 Å².